The Kier molecular flexibility index (Phi) is 4.28. The van der Waals surface area contributed by atoms with Crippen LogP contribution in [0.2, 0.25) is 0 Å². The molecule has 1 aromatic rings. The van der Waals surface area contributed by atoms with Crippen LogP contribution in [0.25, 0.3) is 6.08 Å². The van der Waals surface area contributed by atoms with E-state index >= 15 is 0 Å². The Morgan fingerprint density at radius 1 is 1.24 bits per heavy atom. The molecule has 0 aliphatic heterocycles. The van der Waals surface area contributed by atoms with E-state index in [2.05, 4.69) is 0 Å². The van der Waals surface area contributed by atoms with Crippen molar-refractivity contribution in [3.63, 3.8) is 0 Å². The standard InChI is InChI=1S/C12H12O5/c1-16-10-5-8(7-13)6-11(17-2)9(10)3-4-12(14)15/h3-7H,1-2H3,(H,14,15). The lowest BCUT2D eigenvalue weighted by Crippen LogP contribution is -1.96. The zero-order valence-corrected chi connectivity index (χ0v) is 9.47. The Balaban J connectivity index is 3.34. The third-order valence-corrected chi connectivity index (χ3v) is 2.09. The summed E-state index contributed by atoms with van der Waals surface area (Å²) in [5.41, 5.74) is 0.870. The quantitative estimate of drug-likeness (QED) is 0.621. The van der Waals surface area contributed by atoms with E-state index in [0.717, 1.165) is 6.08 Å². The summed E-state index contributed by atoms with van der Waals surface area (Å²) in [6.45, 7) is 0. The van der Waals surface area contributed by atoms with Crippen molar-refractivity contribution in [2.45, 2.75) is 0 Å². The van der Waals surface area contributed by atoms with Crippen molar-refractivity contribution >= 4 is 18.3 Å². The van der Waals surface area contributed by atoms with Gasteiger partial charge in [-0.15, -0.1) is 0 Å². The van der Waals surface area contributed by atoms with E-state index in [9.17, 15) is 9.59 Å². The van der Waals surface area contributed by atoms with Gasteiger partial charge in [0.2, 0.25) is 0 Å². The molecule has 0 spiro atoms. The molecule has 0 heterocycles. The molecular formula is C12H12O5. The molecule has 0 fully saturated rings. The fourth-order valence-electron chi connectivity index (χ4n) is 1.35. The minimum absolute atomic E-state index is 0.379. The number of methoxy groups -OCH3 is 2. The largest absolute Gasteiger partial charge is 0.496 e. The third-order valence-electron chi connectivity index (χ3n) is 2.09. The molecule has 17 heavy (non-hydrogen) atoms. The molecule has 0 atom stereocenters. The van der Waals surface area contributed by atoms with Crippen molar-refractivity contribution in [3.8, 4) is 11.5 Å². The first-order chi connectivity index (χ1) is 8.12. The van der Waals surface area contributed by atoms with E-state index in [-0.39, 0.29) is 0 Å². The average molecular weight is 236 g/mol. The number of aliphatic carboxylic acids is 1. The maximum atomic E-state index is 10.7. The van der Waals surface area contributed by atoms with Gasteiger partial charge in [-0.25, -0.2) is 4.79 Å². The van der Waals surface area contributed by atoms with Crippen molar-refractivity contribution in [1.29, 1.82) is 0 Å². The van der Waals surface area contributed by atoms with E-state index in [1.165, 1.54) is 32.4 Å². The summed E-state index contributed by atoms with van der Waals surface area (Å²) in [4.78, 5) is 21.2. The van der Waals surface area contributed by atoms with Crippen LogP contribution in [0.15, 0.2) is 18.2 Å². The fraction of sp³-hybridized carbons (Fsp3) is 0.167. The Bertz CT molecular complexity index is 437. The van der Waals surface area contributed by atoms with E-state index < -0.39 is 5.97 Å². The number of carbonyl (C=O) groups excluding carboxylic acids is 1. The van der Waals surface area contributed by atoms with Gasteiger partial charge in [-0.2, -0.15) is 0 Å². The Morgan fingerprint density at radius 3 is 2.12 bits per heavy atom. The van der Waals surface area contributed by atoms with E-state index in [1.54, 1.807) is 0 Å². The predicted molar refractivity (Wildman–Crippen MR) is 61.6 cm³/mol. The molecule has 0 bridgehead atoms. The normalized spacial score (nSPS) is 10.2. The van der Waals surface area contributed by atoms with Crippen LogP contribution in [0.1, 0.15) is 15.9 Å². The number of hydrogen-bond acceptors (Lipinski definition) is 4. The van der Waals surface area contributed by atoms with Gasteiger partial charge in [-0.1, -0.05) is 0 Å². The third kappa shape index (κ3) is 3.07. The van der Waals surface area contributed by atoms with Crippen LogP contribution in [0, 0.1) is 0 Å². The average Bonchev–Trinajstić information content (AvgIpc) is 2.34. The molecule has 90 valence electrons. The summed E-state index contributed by atoms with van der Waals surface area (Å²) in [6, 6.07) is 3.02. The van der Waals surface area contributed by atoms with Crippen molar-refractivity contribution in [2.75, 3.05) is 14.2 Å². The zero-order valence-electron chi connectivity index (χ0n) is 9.47. The molecule has 0 aromatic heterocycles. The predicted octanol–water partition coefficient (Wildman–Crippen LogP) is 1.61. The first-order valence-electron chi connectivity index (χ1n) is 4.74. The number of benzene rings is 1. The molecular weight excluding hydrogens is 224 g/mol. The molecule has 0 saturated carbocycles. The molecule has 5 nitrogen and oxygen atoms in total. The maximum absolute atomic E-state index is 10.7. The molecule has 1 N–H and O–H groups in total. The van der Waals surface area contributed by atoms with Gasteiger partial charge in [0, 0.05) is 11.6 Å². The van der Waals surface area contributed by atoms with Gasteiger partial charge in [-0.3, -0.25) is 4.79 Å². The van der Waals surface area contributed by atoms with Crippen molar-refractivity contribution < 1.29 is 24.2 Å². The highest BCUT2D eigenvalue weighted by atomic mass is 16.5. The van der Waals surface area contributed by atoms with Gasteiger partial charge < -0.3 is 14.6 Å². The Hall–Kier alpha value is -2.30. The van der Waals surface area contributed by atoms with E-state index in [4.69, 9.17) is 14.6 Å². The highest BCUT2D eigenvalue weighted by molar-refractivity contribution is 5.88. The molecule has 1 rings (SSSR count). The highest BCUT2D eigenvalue weighted by Crippen LogP contribution is 2.31. The van der Waals surface area contributed by atoms with Crippen LogP contribution in [-0.2, 0) is 4.79 Å². The summed E-state index contributed by atoms with van der Waals surface area (Å²) >= 11 is 0. The molecule has 1 aromatic carbocycles. The van der Waals surface area contributed by atoms with Gasteiger partial charge in [-0.05, 0) is 18.2 Å². The number of rotatable bonds is 5. The van der Waals surface area contributed by atoms with Crippen molar-refractivity contribution in [1.82, 2.24) is 0 Å². The van der Waals surface area contributed by atoms with Gasteiger partial charge in [0.1, 0.15) is 17.8 Å². The van der Waals surface area contributed by atoms with Crippen LogP contribution in [0.3, 0.4) is 0 Å². The van der Waals surface area contributed by atoms with Gasteiger partial charge in [0.05, 0.1) is 19.8 Å². The van der Waals surface area contributed by atoms with Crippen LogP contribution in [0.5, 0.6) is 11.5 Å². The molecule has 0 aliphatic rings. The van der Waals surface area contributed by atoms with Crippen LogP contribution < -0.4 is 9.47 Å². The molecule has 0 unspecified atom stereocenters. The Labute approximate surface area is 98.3 Å². The molecule has 0 radical (unpaired) electrons. The van der Waals surface area contributed by atoms with E-state index in [1.807, 2.05) is 0 Å². The summed E-state index contributed by atoms with van der Waals surface area (Å²) in [5.74, 6) is -0.318. The summed E-state index contributed by atoms with van der Waals surface area (Å²) < 4.78 is 10.2. The topological polar surface area (TPSA) is 72.8 Å². The summed E-state index contributed by atoms with van der Waals surface area (Å²) in [5, 5.41) is 8.58. The highest BCUT2D eigenvalue weighted by Gasteiger charge is 2.10. The summed E-state index contributed by atoms with van der Waals surface area (Å²) in [7, 11) is 2.86. The zero-order chi connectivity index (χ0) is 12.8. The van der Waals surface area contributed by atoms with Gasteiger partial charge in [0.25, 0.3) is 0 Å². The van der Waals surface area contributed by atoms with Crippen LogP contribution in [-0.4, -0.2) is 31.6 Å². The number of carbonyl (C=O) groups is 2. The minimum Gasteiger partial charge on any atom is -0.496 e. The number of carboxylic acids is 1. The molecule has 0 aliphatic carbocycles. The second kappa shape index (κ2) is 5.69. The summed E-state index contributed by atoms with van der Waals surface area (Å²) in [6.07, 6.45) is 2.99. The van der Waals surface area contributed by atoms with Gasteiger partial charge in [0.15, 0.2) is 0 Å². The first-order valence-corrected chi connectivity index (χ1v) is 4.74. The minimum atomic E-state index is -1.08. The van der Waals surface area contributed by atoms with Crippen LogP contribution >= 0.6 is 0 Å². The molecule has 5 heteroatoms. The lowest BCUT2D eigenvalue weighted by Gasteiger charge is -2.10. The lowest BCUT2D eigenvalue weighted by atomic mass is 10.1. The van der Waals surface area contributed by atoms with Crippen molar-refractivity contribution in [3.05, 3.63) is 29.3 Å². The number of ether oxygens (including phenoxy) is 2. The lowest BCUT2D eigenvalue weighted by molar-refractivity contribution is -0.131. The SMILES string of the molecule is COc1cc(C=O)cc(OC)c1C=CC(=O)O. The monoisotopic (exact) mass is 236 g/mol. The Morgan fingerprint density at radius 2 is 1.76 bits per heavy atom. The smallest absolute Gasteiger partial charge is 0.328 e. The maximum Gasteiger partial charge on any atom is 0.328 e. The second-order valence-electron chi connectivity index (χ2n) is 3.13. The second-order valence-corrected chi connectivity index (χ2v) is 3.13. The van der Waals surface area contributed by atoms with Crippen molar-refractivity contribution in [2.24, 2.45) is 0 Å². The first kappa shape index (κ1) is 12.8. The van der Waals surface area contributed by atoms with Crippen LogP contribution in [0.4, 0.5) is 0 Å². The van der Waals surface area contributed by atoms with E-state index in [0.29, 0.717) is 28.9 Å². The number of carboxylic acid groups (broad SMARTS) is 1. The molecule has 0 saturated heterocycles. The number of aldehydes is 1. The number of hydrogen-bond donors (Lipinski definition) is 1. The molecule has 0 amide bonds. The van der Waals surface area contributed by atoms with Gasteiger partial charge >= 0.3 is 5.97 Å². The fourth-order valence-corrected chi connectivity index (χ4v) is 1.35.